The first-order chi connectivity index (χ1) is 12.2. The molecule has 0 unspecified atom stereocenters. The highest BCUT2D eigenvalue weighted by Crippen LogP contribution is 2.41. The summed E-state index contributed by atoms with van der Waals surface area (Å²) in [5, 5.41) is 2.86. The first-order valence-corrected chi connectivity index (χ1v) is 8.61. The number of ether oxygens (including phenoxy) is 1. The van der Waals surface area contributed by atoms with Gasteiger partial charge in [0, 0.05) is 5.69 Å². The first kappa shape index (κ1) is 18.0. The quantitative estimate of drug-likeness (QED) is 0.915. The van der Waals surface area contributed by atoms with Gasteiger partial charge in [-0.25, -0.2) is 0 Å². The van der Waals surface area contributed by atoms with Gasteiger partial charge >= 0.3 is 0 Å². The Morgan fingerprint density at radius 2 is 1.77 bits per heavy atom. The molecule has 2 aromatic rings. The molecule has 5 nitrogen and oxygen atoms in total. The largest absolute Gasteiger partial charge is 0.495 e. The Balaban J connectivity index is 1.85. The Labute approximate surface area is 154 Å². The van der Waals surface area contributed by atoms with Gasteiger partial charge in [0.1, 0.15) is 12.3 Å². The van der Waals surface area contributed by atoms with Gasteiger partial charge in [0.25, 0.3) is 0 Å². The molecular formula is C21H24N2O3. The zero-order valence-corrected chi connectivity index (χ0v) is 15.8. The van der Waals surface area contributed by atoms with Crippen molar-refractivity contribution in [3.63, 3.8) is 0 Å². The van der Waals surface area contributed by atoms with Crippen LogP contribution in [-0.4, -0.2) is 25.5 Å². The SMILES string of the molecule is COc1ccc(C)cc1NC(=O)CN1C(=O)C(C)(C)c2cc(C)ccc21. The fourth-order valence-electron chi connectivity index (χ4n) is 3.36. The lowest BCUT2D eigenvalue weighted by Crippen LogP contribution is -2.40. The van der Waals surface area contributed by atoms with E-state index in [-0.39, 0.29) is 18.4 Å². The molecule has 26 heavy (non-hydrogen) atoms. The molecule has 2 aromatic carbocycles. The van der Waals surface area contributed by atoms with E-state index < -0.39 is 5.41 Å². The minimum atomic E-state index is -0.636. The molecule has 0 saturated heterocycles. The number of carbonyl (C=O) groups excluding carboxylic acids is 2. The van der Waals surface area contributed by atoms with Crippen LogP contribution < -0.4 is 15.0 Å². The van der Waals surface area contributed by atoms with Crippen LogP contribution in [0, 0.1) is 13.8 Å². The smallest absolute Gasteiger partial charge is 0.244 e. The molecule has 5 heteroatoms. The normalized spacial score (nSPS) is 15.0. The third kappa shape index (κ3) is 3.05. The van der Waals surface area contributed by atoms with Crippen molar-refractivity contribution < 1.29 is 14.3 Å². The third-order valence-electron chi connectivity index (χ3n) is 4.83. The molecule has 0 radical (unpaired) electrons. The van der Waals surface area contributed by atoms with Crippen LogP contribution in [0.25, 0.3) is 0 Å². The number of hydrogen-bond acceptors (Lipinski definition) is 3. The minimum Gasteiger partial charge on any atom is -0.495 e. The number of amides is 2. The van der Waals surface area contributed by atoms with Crippen molar-refractivity contribution in [2.45, 2.75) is 33.1 Å². The number of rotatable bonds is 4. The fourth-order valence-corrected chi connectivity index (χ4v) is 3.36. The molecule has 0 atom stereocenters. The van der Waals surface area contributed by atoms with Gasteiger partial charge in [0.05, 0.1) is 18.2 Å². The molecule has 0 fully saturated rings. The molecule has 1 heterocycles. The predicted molar refractivity (Wildman–Crippen MR) is 103 cm³/mol. The molecule has 0 aliphatic carbocycles. The Hall–Kier alpha value is -2.82. The van der Waals surface area contributed by atoms with Gasteiger partial charge in [-0.05, 0) is 57.0 Å². The van der Waals surface area contributed by atoms with Crippen LogP contribution in [-0.2, 0) is 15.0 Å². The summed E-state index contributed by atoms with van der Waals surface area (Å²) < 4.78 is 5.30. The number of carbonyl (C=O) groups is 2. The second-order valence-electron chi connectivity index (χ2n) is 7.29. The summed E-state index contributed by atoms with van der Waals surface area (Å²) in [4.78, 5) is 27.1. The minimum absolute atomic E-state index is 0.0323. The van der Waals surface area contributed by atoms with E-state index in [1.54, 1.807) is 12.0 Å². The molecule has 136 valence electrons. The highest BCUT2D eigenvalue weighted by Gasteiger charge is 2.44. The van der Waals surface area contributed by atoms with Gasteiger partial charge in [-0.1, -0.05) is 23.8 Å². The van der Waals surface area contributed by atoms with Crippen LogP contribution in [0.2, 0.25) is 0 Å². The number of methoxy groups -OCH3 is 1. The molecule has 1 aliphatic heterocycles. The van der Waals surface area contributed by atoms with Gasteiger partial charge in [-0.3, -0.25) is 9.59 Å². The topological polar surface area (TPSA) is 58.6 Å². The van der Waals surface area contributed by atoms with E-state index in [2.05, 4.69) is 5.32 Å². The average Bonchev–Trinajstić information content (AvgIpc) is 2.76. The summed E-state index contributed by atoms with van der Waals surface area (Å²) >= 11 is 0. The maximum Gasteiger partial charge on any atom is 0.244 e. The van der Waals surface area contributed by atoms with Gasteiger partial charge in [0.2, 0.25) is 11.8 Å². The number of anilines is 2. The Morgan fingerprint density at radius 1 is 1.12 bits per heavy atom. The van der Waals surface area contributed by atoms with Crippen molar-refractivity contribution in [1.29, 1.82) is 0 Å². The predicted octanol–water partition coefficient (Wildman–Crippen LogP) is 3.57. The van der Waals surface area contributed by atoms with E-state index in [4.69, 9.17) is 4.74 Å². The van der Waals surface area contributed by atoms with Gasteiger partial charge in [0.15, 0.2) is 0 Å². The van der Waals surface area contributed by atoms with E-state index in [0.717, 1.165) is 22.4 Å². The van der Waals surface area contributed by atoms with Gasteiger partial charge in [-0.15, -0.1) is 0 Å². The second kappa shape index (κ2) is 6.48. The molecule has 0 bridgehead atoms. The lowest BCUT2D eigenvalue weighted by Gasteiger charge is -2.20. The number of benzene rings is 2. The van der Waals surface area contributed by atoms with Crippen LogP contribution >= 0.6 is 0 Å². The number of fused-ring (bicyclic) bond motifs is 1. The van der Waals surface area contributed by atoms with Gasteiger partial charge in [-0.2, -0.15) is 0 Å². The van der Waals surface area contributed by atoms with E-state index in [1.165, 1.54) is 0 Å². The van der Waals surface area contributed by atoms with Crippen molar-refractivity contribution in [3.8, 4) is 5.75 Å². The Morgan fingerprint density at radius 3 is 2.46 bits per heavy atom. The molecule has 1 N–H and O–H groups in total. The zero-order chi connectivity index (χ0) is 19.1. The Kier molecular flexibility index (Phi) is 4.48. The number of nitrogens with one attached hydrogen (secondary N) is 1. The van der Waals surface area contributed by atoms with Crippen molar-refractivity contribution in [2.24, 2.45) is 0 Å². The summed E-state index contributed by atoms with van der Waals surface area (Å²) in [5.41, 5.74) is 3.84. The molecule has 1 aliphatic rings. The summed E-state index contributed by atoms with van der Waals surface area (Å²) in [7, 11) is 1.56. The van der Waals surface area contributed by atoms with Crippen molar-refractivity contribution in [1.82, 2.24) is 0 Å². The van der Waals surface area contributed by atoms with Crippen molar-refractivity contribution in [2.75, 3.05) is 23.9 Å². The molecule has 0 saturated carbocycles. The molecule has 0 spiro atoms. The molecular weight excluding hydrogens is 328 g/mol. The van der Waals surface area contributed by atoms with Crippen LogP contribution in [0.4, 0.5) is 11.4 Å². The van der Waals surface area contributed by atoms with Gasteiger partial charge < -0.3 is 15.0 Å². The van der Waals surface area contributed by atoms with E-state index in [9.17, 15) is 9.59 Å². The number of aryl methyl sites for hydroxylation is 2. The number of hydrogen-bond donors (Lipinski definition) is 1. The van der Waals surface area contributed by atoms with Crippen LogP contribution in [0.1, 0.15) is 30.5 Å². The third-order valence-corrected chi connectivity index (χ3v) is 4.83. The lowest BCUT2D eigenvalue weighted by atomic mass is 9.85. The van der Waals surface area contributed by atoms with Crippen LogP contribution in [0.15, 0.2) is 36.4 Å². The lowest BCUT2D eigenvalue weighted by molar-refractivity contribution is -0.124. The Bertz CT molecular complexity index is 887. The summed E-state index contributed by atoms with van der Waals surface area (Å²) in [6.07, 6.45) is 0. The average molecular weight is 352 g/mol. The zero-order valence-electron chi connectivity index (χ0n) is 15.8. The molecule has 2 amide bonds. The van der Waals surface area contributed by atoms with Crippen molar-refractivity contribution >= 4 is 23.2 Å². The van der Waals surface area contributed by atoms with Crippen LogP contribution in [0.3, 0.4) is 0 Å². The maximum absolute atomic E-state index is 12.9. The monoisotopic (exact) mass is 352 g/mol. The summed E-state index contributed by atoms with van der Waals surface area (Å²) in [6, 6.07) is 11.5. The fraction of sp³-hybridized carbons (Fsp3) is 0.333. The standard InChI is InChI=1S/C21H24N2O3/c1-13-6-8-17-15(10-13)21(3,4)20(25)23(17)12-19(24)22-16-11-14(2)7-9-18(16)26-5/h6-11H,12H2,1-5H3,(H,22,24). The highest BCUT2D eigenvalue weighted by molar-refractivity contribution is 6.11. The van der Waals surface area contributed by atoms with E-state index >= 15 is 0 Å². The molecule has 3 rings (SSSR count). The summed E-state index contributed by atoms with van der Waals surface area (Å²) in [6.45, 7) is 7.71. The maximum atomic E-state index is 12.9. The number of nitrogens with zero attached hydrogens (tertiary/aromatic N) is 1. The highest BCUT2D eigenvalue weighted by atomic mass is 16.5. The van der Waals surface area contributed by atoms with Crippen LogP contribution in [0.5, 0.6) is 5.75 Å². The molecule has 0 aromatic heterocycles. The first-order valence-electron chi connectivity index (χ1n) is 8.61. The van der Waals surface area contributed by atoms with E-state index in [0.29, 0.717) is 11.4 Å². The summed E-state index contributed by atoms with van der Waals surface area (Å²) in [5.74, 6) is 0.268. The van der Waals surface area contributed by atoms with Crippen molar-refractivity contribution in [3.05, 3.63) is 53.1 Å². The van der Waals surface area contributed by atoms with E-state index in [1.807, 2.05) is 64.1 Å². The second-order valence-corrected chi connectivity index (χ2v) is 7.29.